The molecule has 1 heterocycles. The number of likely N-dealkylation sites (tertiary alicyclic amines) is 1. The van der Waals surface area contributed by atoms with Crippen LogP contribution >= 0.6 is 0 Å². The number of anilines is 1. The SMILES string of the molecule is C[C@H](CNc1ccccc1)NC(=O)[C@H]1CC(=O)N(CC(F)(F)F)C1. The zero-order valence-corrected chi connectivity index (χ0v) is 13.3. The van der Waals surface area contributed by atoms with Crippen molar-refractivity contribution in [2.24, 2.45) is 5.92 Å². The summed E-state index contributed by atoms with van der Waals surface area (Å²) in [4.78, 5) is 24.4. The minimum atomic E-state index is -4.45. The number of rotatable bonds is 6. The number of nitrogens with one attached hydrogen (secondary N) is 2. The van der Waals surface area contributed by atoms with Gasteiger partial charge in [-0.2, -0.15) is 13.2 Å². The number of carbonyl (C=O) groups is 2. The second-order valence-electron chi connectivity index (χ2n) is 5.95. The summed E-state index contributed by atoms with van der Waals surface area (Å²) in [6, 6.07) is 9.21. The van der Waals surface area contributed by atoms with E-state index < -0.39 is 30.5 Å². The Morgan fingerprint density at radius 3 is 2.62 bits per heavy atom. The normalized spacial score (nSPS) is 19.2. The summed E-state index contributed by atoms with van der Waals surface area (Å²) in [7, 11) is 0. The van der Waals surface area contributed by atoms with Gasteiger partial charge in [0.25, 0.3) is 0 Å². The van der Waals surface area contributed by atoms with Crippen LogP contribution in [0.3, 0.4) is 0 Å². The van der Waals surface area contributed by atoms with E-state index in [1.54, 1.807) is 6.92 Å². The molecule has 0 saturated carbocycles. The second-order valence-corrected chi connectivity index (χ2v) is 5.95. The van der Waals surface area contributed by atoms with Crippen LogP contribution in [-0.4, -0.2) is 48.6 Å². The number of carbonyl (C=O) groups excluding carboxylic acids is 2. The summed E-state index contributed by atoms with van der Waals surface area (Å²) in [5.41, 5.74) is 0.908. The molecule has 2 atom stereocenters. The molecule has 0 radical (unpaired) electrons. The standard InChI is InChI=1S/C16H20F3N3O2/c1-11(8-20-13-5-3-2-4-6-13)21-15(24)12-7-14(23)22(9-12)10-16(17,18)19/h2-6,11-12,20H,7-10H2,1H3,(H,21,24)/t11-,12+/m1/s1. The van der Waals surface area contributed by atoms with Gasteiger partial charge in [-0.05, 0) is 19.1 Å². The highest BCUT2D eigenvalue weighted by Gasteiger charge is 2.40. The van der Waals surface area contributed by atoms with Gasteiger partial charge in [-0.15, -0.1) is 0 Å². The first-order valence-electron chi connectivity index (χ1n) is 7.68. The highest BCUT2D eigenvalue weighted by atomic mass is 19.4. The van der Waals surface area contributed by atoms with Crippen LogP contribution < -0.4 is 10.6 Å². The van der Waals surface area contributed by atoms with Gasteiger partial charge in [-0.25, -0.2) is 0 Å². The maximum atomic E-state index is 12.4. The van der Waals surface area contributed by atoms with Gasteiger partial charge in [0.2, 0.25) is 11.8 Å². The maximum absolute atomic E-state index is 12.4. The molecule has 1 aliphatic rings. The first kappa shape index (κ1) is 18.1. The van der Waals surface area contributed by atoms with Gasteiger partial charge in [-0.1, -0.05) is 18.2 Å². The molecule has 8 heteroatoms. The fraction of sp³-hybridized carbons (Fsp3) is 0.500. The first-order valence-corrected chi connectivity index (χ1v) is 7.68. The van der Waals surface area contributed by atoms with E-state index >= 15 is 0 Å². The van der Waals surface area contributed by atoms with Gasteiger partial charge in [0.1, 0.15) is 6.54 Å². The number of hydrogen-bond donors (Lipinski definition) is 2. The Labute approximate surface area is 138 Å². The van der Waals surface area contributed by atoms with Gasteiger partial charge in [-0.3, -0.25) is 9.59 Å². The Hall–Kier alpha value is -2.25. The van der Waals surface area contributed by atoms with Gasteiger partial charge < -0.3 is 15.5 Å². The Bertz CT molecular complexity index is 578. The van der Waals surface area contributed by atoms with E-state index in [-0.39, 0.29) is 19.0 Å². The molecule has 24 heavy (non-hydrogen) atoms. The van der Waals surface area contributed by atoms with E-state index in [0.29, 0.717) is 11.4 Å². The van der Waals surface area contributed by atoms with Crippen LogP contribution in [0.2, 0.25) is 0 Å². The van der Waals surface area contributed by atoms with E-state index in [2.05, 4.69) is 10.6 Å². The number of nitrogens with zero attached hydrogens (tertiary/aromatic N) is 1. The number of amides is 2. The highest BCUT2D eigenvalue weighted by molar-refractivity contribution is 5.89. The van der Waals surface area contributed by atoms with E-state index in [9.17, 15) is 22.8 Å². The van der Waals surface area contributed by atoms with Crippen molar-refractivity contribution in [1.82, 2.24) is 10.2 Å². The van der Waals surface area contributed by atoms with Crippen molar-refractivity contribution < 1.29 is 22.8 Å². The molecule has 1 aromatic rings. The maximum Gasteiger partial charge on any atom is 0.406 e. The van der Waals surface area contributed by atoms with Gasteiger partial charge in [0.15, 0.2) is 0 Å². The average Bonchev–Trinajstić information content (AvgIpc) is 2.85. The molecule has 1 fully saturated rings. The molecule has 1 aliphatic heterocycles. The third-order valence-electron chi connectivity index (χ3n) is 3.73. The monoisotopic (exact) mass is 343 g/mol. The number of hydrogen-bond acceptors (Lipinski definition) is 3. The van der Waals surface area contributed by atoms with E-state index in [1.165, 1.54) is 0 Å². The van der Waals surface area contributed by atoms with Crippen LogP contribution in [0.4, 0.5) is 18.9 Å². The molecule has 0 bridgehead atoms. The topological polar surface area (TPSA) is 61.4 Å². The predicted molar refractivity (Wildman–Crippen MR) is 83.3 cm³/mol. The zero-order chi connectivity index (χ0) is 17.7. The third kappa shape index (κ3) is 5.43. The minimum absolute atomic E-state index is 0.180. The van der Waals surface area contributed by atoms with Crippen LogP contribution in [0, 0.1) is 5.92 Å². The lowest BCUT2D eigenvalue weighted by atomic mass is 10.1. The fourth-order valence-corrected chi connectivity index (χ4v) is 2.56. The first-order chi connectivity index (χ1) is 11.2. The van der Waals surface area contributed by atoms with Crippen molar-refractivity contribution in [2.45, 2.75) is 25.6 Å². The molecular formula is C16H20F3N3O2. The van der Waals surface area contributed by atoms with Crippen LogP contribution in [0.1, 0.15) is 13.3 Å². The second kappa shape index (κ2) is 7.55. The Kier molecular flexibility index (Phi) is 5.69. The molecule has 1 saturated heterocycles. The molecule has 5 nitrogen and oxygen atoms in total. The summed E-state index contributed by atoms with van der Waals surface area (Å²) in [5.74, 6) is -1.77. The van der Waals surface area contributed by atoms with Crippen molar-refractivity contribution in [1.29, 1.82) is 0 Å². The highest BCUT2D eigenvalue weighted by Crippen LogP contribution is 2.24. The zero-order valence-electron chi connectivity index (χ0n) is 13.3. The molecule has 2 N–H and O–H groups in total. The number of alkyl halides is 3. The summed E-state index contributed by atoms with van der Waals surface area (Å²) in [5, 5.41) is 5.88. The molecule has 0 spiro atoms. The lowest BCUT2D eigenvalue weighted by molar-refractivity contribution is -0.157. The molecule has 0 unspecified atom stereocenters. The lowest BCUT2D eigenvalue weighted by Gasteiger charge is -2.20. The van der Waals surface area contributed by atoms with Crippen molar-refractivity contribution in [3.8, 4) is 0 Å². The van der Waals surface area contributed by atoms with Gasteiger partial charge in [0.05, 0.1) is 5.92 Å². The smallest absolute Gasteiger partial charge is 0.383 e. The Morgan fingerprint density at radius 1 is 1.33 bits per heavy atom. The molecule has 132 valence electrons. The predicted octanol–water partition coefficient (Wildman–Crippen LogP) is 2.01. The van der Waals surface area contributed by atoms with E-state index in [0.717, 1.165) is 5.69 Å². The van der Waals surface area contributed by atoms with Crippen LogP contribution in [0.25, 0.3) is 0 Å². The quantitative estimate of drug-likeness (QED) is 0.831. The average molecular weight is 343 g/mol. The summed E-state index contributed by atoms with van der Waals surface area (Å²) < 4.78 is 37.1. The van der Waals surface area contributed by atoms with Crippen molar-refractivity contribution in [2.75, 3.05) is 25.0 Å². The lowest BCUT2D eigenvalue weighted by Crippen LogP contribution is -2.42. The van der Waals surface area contributed by atoms with E-state index in [1.807, 2.05) is 30.3 Å². The molecule has 1 aromatic carbocycles. The van der Waals surface area contributed by atoms with Crippen LogP contribution in [0.5, 0.6) is 0 Å². The Balaban J connectivity index is 1.79. The molecule has 0 aliphatic carbocycles. The van der Waals surface area contributed by atoms with Crippen molar-refractivity contribution in [3.05, 3.63) is 30.3 Å². The number of halogens is 3. The third-order valence-corrected chi connectivity index (χ3v) is 3.73. The Morgan fingerprint density at radius 2 is 2.00 bits per heavy atom. The number of benzene rings is 1. The molecule has 0 aromatic heterocycles. The summed E-state index contributed by atoms with van der Waals surface area (Å²) in [6.45, 7) is 0.768. The van der Waals surface area contributed by atoms with Crippen LogP contribution in [0.15, 0.2) is 30.3 Å². The van der Waals surface area contributed by atoms with E-state index in [4.69, 9.17) is 0 Å². The molecule has 2 amide bonds. The fourth-order valence-electron chi connectivity index (χ4n) is 2.56. The van der Waals surface area contributed by atoms with Crippen molar-refractivity contribution >= 4 is 17.5 Å². The van der Waals surface area contributed by atoms with Gasteiger partial charge in [0, 0.05) is 31.2 Å². The molecular weight excluding hydrogens is 323 g/mol. The minimum Gasteiger partial charge on any atom is -0.383 e. The van der Waals surface area contributed by atoms with Crippen LogP contribution in [-0.2, 0) is 9.59 Å². The summed E-state index contributed by atoms with van der Waals surface area (Å²) >= 11 is 0. The number of para-hydroxylation sites is 1. The van der Waals surface area contributed by atoms with Crippen molar-refractivity contribution in [3.63, 3.8) is 0 Å². The van der Waals surface area contributed by atoms with Gasteiger partial charge >= 0.3 is 6.18 Å². The summed E-state index contributed by atoms with van der Waals surface area (Å²) in [6.07, 6.45) is -4.63. The molecule has 2 rings (SSSR count). The largest absolute Gasteiger partial charge is 0.406 e.